The van der Waals surface area contributed by atoms with Crippen LogP contribution in [0.2, 0.25) is 0 Å². The monoisotopic (exact) mass is 586 g/mol. The van der Waals surface area contributed by atoms with Crippen LogP contribution in [0.15, 0.2) is 41.3 Å². The second-order valence-corrected chi connectivity index (χ2v) is 13.5. The Morgan fingerprint density at radius 3 is 2.48 bits per heavy atom. The molecule has 9 nitrogen and oxygen atoms in total. The summed E-state index contributed by atoms with van der Waals surface area (Å²) in [7, 11) is -2.09. The molecule has 5 rings (SSSR count). The van der Waals surface area contributed by atoms with E-state index < -0.39 is 10.0 Å². The van der Waals surface area contributed by atoms with Crippen LogP contribution >= 0.6 is 11.3 Å². The highest BCUT2D eigenvalue weighted by atomic mass is 32.2. The highest BCUT2D eigenvalue weighted by molar-refractivity contribution is 7.89. The number of aromatic nitrogens is 1. The van der Waals surface area contributed by atoms with Crippen molar-refractivity contribution in [2.75, 3.05) is 64.5 Å². The van der Waals surface area contributed by atoms with Crippen LogP contribution in [-0.2, 0) is 19.6 Å². The highest BCUT2D eigenvalue weighted by Crippen LogP contribution is 2.34. The van der Waals surface area contributed by atoms with Gasteiger partial charge in [-0.1, -0.05) is 17.4 Å². The van der Waals surface area contributed by atoms with Crippen LogP contribution in [0.1, 0.15) is 30.4 Å². The highest BCUT2D eigenvalue weighted by Gasteiger charge is 2.35. The van der Waals surface area contributed by atoms with Gasteiger partial charge >= 0.3 is 0 Å². The minimum Gasteiger partial charge on any atom is -0.497 e. The van der Waals surface area contributed by atoms with E-state index in [1.54, 1.807) is 42.7 Å². The lowest BCUT2D eigenvalue weighted by atomic mass is 9.96. The number of hydrogen-bond acceptors (Lipinski definition) is 8. The van der Waals surface area contributed by atoms with Crippen molar-refractivity contribution in [2.24, 2.45) is 5.92 Å². The van der Waals surface area contributed by atoms with Gasteiger partial charge < -0.3 is 9.47 Å². The van der Waals surface area contributed by atoms with E-state index in [0.29, 0.717) is 38.2 Å². The summed E-state index contributed by atoms with van der Waals surface area (Å²) in [5.41, 5.74) is 3.23. The van der Waals surface area contributed by atoms with Crippen LogP contribution in [0, 0.1) is 19.8 Å². The van der Waals surface area contributed by atoms with Crippen molar-refractivity contribution in [3.05, 3.63) is 47.5 Å². The lowest BCUT2D eigenvalue weighted by molar-refractivity contribution is -0.123. The van der Waals surface area contributed by atoms with E-state index in [1.165, 1.54) is 9.87 Å². The van der Waals surface area contributed by atoms with Gasteiger partial charge in [-0.2, -0.15) is 4.31 Å². The Hall–Kier alpha value is -2.57. The van der Waals surface area contributed by atoms with Gasteiger partial charge in [0.25, 0.3) is 0 Å². The topological polar surface area (TPSA) is 92.3 Å². The third-order valence-corrected chi connectivity index (χ3v) is 10.7. The third kappa shape index (κ3) is 6.33. The summed E-state index contributed by atoms with van der Waals surface area (Å²) >= 11 is 1.56. The second-order valence-electron chi connectivity index (χ2n) is 10.6. The number of carbonyl (C=O) groups excluding carboxylic acids is 1. The van der Waals surface area contributed by atoms with Crippen LogP contribution < -0.4 is 9.64 Å². The number of aryl methyl sites for hydroxylation is 2. The van der Waals surface area contributed by atoms with Crippen molar-refractivity contribution in [3.8, 4) is 5.75 Å². The summed E-state index contributed by atoms with van der Waals surface area (Å²) in [6.07, 6.45) is 1.80. The van der Waals surface area contributed by atoms with E-state index in [0.717, 1.165) is 60.2 Å². The first-order chi connectivity index (χ1) is 19.3. The van der Waals surface area contributed by atoms with E-state index in [1.807, 2.05) is 4.90 Å². The van der Waals surface area contributed by atoms with Crippen LogP contribution in [0.5, 0.6) is 5.75 Å². The van der Waals surface area contributed by atoms with E-state index in [2.05, 4.69) is 30.9 Å². The predicted molar refractivity (Wildman–Crippen MR) is 158 cm³/mol. The fraction of sp³-hybridized carbons (Fsp3) is 0.517. The van der Waals surface area contributed by atoms with Crippen molar-refractivity contribution in [1.82, 2.24) is 14.2 Å². The maximum absolute atomic E-state index is 14.0. The van der Waals surface area contributed by atoms with Crippen LogP contribution in [0.3, 0.4) is 0 Å². The molecule has 40 heavy (non-hydrogen) atoms. The second kappa shape index (κ2) is 12.5. The molecule has 2 aromatic carbocycles. The maximum Gasteiger partial charge on any atom is 0.243 e. The van der Waals surface area contributed by atoms with Crippen molar-refractivity contribution in [1.29, 1.82) is 0 Å². The Balaban J connectivity index is 1.30. The van der Waals surface area contributed by atoms with Gasteiger partial charge in [-0.3, -0.25) is 14.6 Å². The number of rotatable bonds is 9. The average Bonchev–Trinajstić information content (AvgIpc) is 3.40. The van der Waals surface area contributed by atoms with Gasteiger partial charge in [0.05, 0.1) is 35.4 Å². The SMILES string of the molecule is COc1ccc(S(=O)(=O)N2CCC(C(=O)N(CCCN3CCOCC3)c3nc4c(C)cc(C)cc4s3)CC2)cc1. The Morgan fingerprint density at radius 1 is 1.10 bits per heavy atom. The Bertz CT molecular complexity index is 1430. The molecule has 11 heteroatoms. The largest absolute Gasteiger partial charge is 0.497 e. The number of benzene rings is 2. The van der Waals surface area contributed by atoms with Crippen LogP contribution in [0.25, 0.3) is 10.2 Å². The lowest BCUT2D eigenvalue weighted by Gasteiger charge is -2.33. The number of thiazole rings is 1. The van der Waals surface area contributed by atoms with Gasteiger partial charge in [-0.05, 0) is 74.6 Å². The Morgan fingerprint density at radius 2 is 1.80 bits per heavy atom. The molecule has 1 aromatic heterocycles. The van der Waals surface area contributed by atoms with Gasteiger partial charge in [0.15, 0.2) is 5.13 Å². The van der Waals surface area contributed by atoms with E-state index in [-0.39, 0.29) is 16.7 Å². The number of hydrogen-bond donors (Lipinski definition) is 0. The van der Waals surface area contributed by atoms with Crippen molar-refractivity contribution in [2.45, 2.75) is 38.0 Å². The van der Waals surface area contributed by atoms with Gasteiger partial charge in [0, 0.05) is 45.2 Å². The molecule has 2 aliphatic heterocycles. The normalized spacial score (nSPS) is 17.8. The minimum atomic E-state index is -3.63. The zero-order chi connectivity index (χ0) is 28.3. The summed E-state index contributed by atoms with van der Waals surface area (Å²) < 4.78 is 39.7. The minimum absolute atomic E-state index is 0.0388. The first-order valence-electron chi connectivity index (χ1n) is 13.9. The standard InChI is InChI=1S/C29H38N4O5S2/c1-21-19-22(2)27-26(20-21)39-29(30-27)33(12-4-11-31-15-17-38-18-16-31)28(34)23-9-13-32(14-10-23)40(35,36)25-7-5-24(37-3)6-8-25/h5-8,19-20,23H,4,9-18H2,1-3H3. The van der Waals surface area contributed by atoms with Crippen molar-refractivity contribution in [3.63, 3.8) is 0 Å². The summed E-state index contributed by atoms with van der Waals surface area (Å²) in [4.78, 5) is 23.4. The number of anilines is 1. The number of ether oxygens (including phenoxy) is 2. The summed E-state index contributed by atoms with van der Waals surface area (Å²) in [5, 5.41) is 0.726. The molecule has 2 aliphatic rings. The number of nitrogens with zero attached hydrogens (tertiary/aromatic N) is 4. The molecule has 0 atom stereocenters. The molecule has 3 heterocycles. The molecule has 2 saturated heterocycles. The first-order valence-corrected chi connectivity index (χ1v) is 16.2. The molecular formula is C29H38N4O5S2. The molecule has 0 saturated carbocycles. The number of morpholine rings is 1. The first kappa shape index (κ1) is 28.9. The molecule has 0 bridgehead atoms. The quantitative estimate of drug-likeness (QED) is 0.373. The van der Waals surface area contributed by atoms with E-state index in [4.69, 9.17) is 14.5 Å². The van der Waals surface area contributed by atoms with Gasteiger partial charge in [0.2, 0.25) is 15.9 Å². The fourth-order valence-electron chi connectivity index (χ4n) is 5.51. The molecular weight excluding hydrogens is 548 g/mol. The number of sulfonamides is 1. The smallest absolute Gasteiger partial charge is 0.243 e. The van der Waals surface area contributed by atoms with E-state index in [9.17, 15) is 13.2 Å². The number of fused-ring (bicyclic) bond motifs is 1. The molecule has 0 radical (unpaired) electrons. The number of amides is 1. The van der Waals surface area contributed by atoms with Gasteiger partial charge in [-0.25, -0.2) is 13.4 Å². The van der Waals surface area contributed by atoms with Crippen LogP contribution in [0.4, 0.5) is 5.13 Å². The van der Waals surface area contributed by atoms with Crippen molar-refractivity contribution < 1.29 is 22.7 Å². The third-order valence-electron chi connectivity index (χ3n) is 7.78. The number of methoxy groups -OCH3 is 1. The van der Waals surface area contributed by atoms with Crippen molar-refractivity contribution >= 4 is 42.6 Å². The molecule has 2 fully saturated rings. The average molecular weight is 587 g/mol. The Kier molecular flexibility index (Phi) is 9.06. The molecule has 216 valence electrons. The zero-order valence-corrected chi connectivity index (χ0v) is 25.1. The molecule has 1 amide bonds. The number of carbonyl (C=O) groups is 1. The zero-order valence-electron chi connectivity index (χ0n) is 23.5. The molecule has 0 N–H and O–H groups in total. The summed E-state index contributed by atoms with van der Waals surface area (Å²) in [5.74, 6) is 0.398. The summed E-state index contributed by atoms with van der Waals surface area (Å²) in [6.45, 7) is 9.55. The van der Waals surface area contributed by atoms with Crippen LogP contribution in [-0.4, -0.2) is 88.1 Å². The predicted octanol–water partition coefficient (Wildman–Crippen LogP) is 4.08. The molecule has 0 unspecified atom stereocenters. The molecule has 3 aromatic rings. The molecule has 0 spiro atoms. The fourth-order valence-corrected chi connectivity index (χ4v) is 8.15. The Labute approximate surface area is 240 Å². The van der Waals surface area contributed by atoms with Gasteiger partial charge in [0.1, 0.15) is 5.75 Å². The van der Waals surface area contributed by atoms with Gasteiger partial charge in [-0.15, -0.1) is 0 Å². The lowest BCUT2D eigenvalue weighted by Crippen LogP contribution is -2.45. The maximum atomic E-state index is 14.0. The molecule has 0 aliphatic carbocycles. The summed E-state index contributed by atoms with van der Waals surface area (Å²) in [6, 6.07) is 10.7. The number of piperidine rings is 1. The van der Waals surface area contributed by atoms with E-state index >= 15 is 0 Å².